The molecule has 0 spiro atoms. The highest BCUT2D eigenvalue weighted by Gasteiger charge is 2.09. The Balaban J connectivity index is 2.50. The molecule has 3 nitrogen and oxygen atoms in total. The van der Waals surface area contributed by atoms with E-state index in [4.69, 9.17) is 11.6 Å². The van der Waals surface area contributed by atoms with Gasteiger partial charge in [0.1, 0.15) is 5.82 Å². The zero-order valence-corrected chi connectivity index (χ0v) is 9.67. The van der Waals surface area contributed by atoms with E-state index in [0.29, 0.717) is 0 Å². The van der Waals surface area contributed by atoms with Gasteiger partial charge in [-0.15, -0.1) is 0 Å². The molecule has 2 rings (SSSR count). The first-order valence-corrected chi connectivity index (χ1v) is 5.42. The average molecular weight is 224 g/mol. The first kappa shape index (κ1) is 10.5. The molecule has 0 saturated carbocycles. The van der Waals surface area contributed by atoms with Crippen molar-refractivity contribution in [2.24, 2.45) is 7.05 Å². The summed E-state index contributed by atoms with van der Waals surface area (Å²) < 4.78 is 2.04. The maximum absolute atomic E-state index is 6.13. The van der Waals surface area contributed by atoms with Crippen LogP contribution in [0.2, 0.25) is 5.02 Å². The molecule has 0 amide bonds. The largest absolute Gasteiger partial charge is 0.329 e. The Bertz CT molecular complexity index is 476. The highest BCUT2D eigenvalue weighted by molar-refractivity contribution is 6.34. The molecule has 1 N–H and O–H groups in total. The number of imidazole rings is 1. The number of fused-ring (bicyclic) bond motifs is 1. The molecule has 0 aliphatic rings. The van der Waals surface area contributed by atoms with Crippen LogP contribution >= 0.6 is 11.6 Å². The van der Waals surface area contributed by atoms with E-state index >= 15 is 0 Å². The third kappa shape index (κ3) is 1.85. The minimum atomic E-state index is 0.755. The lowest BCUT2D eigenvalue weighted by molar-refractivity contribution is 0.667. The second-order valence-electron chi connectivity index (χ2n) is 3.47. The van der Waals surface area contributed by atoms with Crippen molar-refractivity contribution in [1.29, 1.82) is 0 Å². The van der Waals surface area contributed by atoms with Crippen molar-refractivity contribution in [2.75, 3.05) is 6.54 Å². The van der Waals surface area contributed by atoms with Crippen LogP contribution in [0, 0.1) is 0 Å². The molecule has 0 bridgehead atoms. The van der Waals surface area contributed by atoms with Gasteiger partial charge in [0, 0.05) is 7.05 Å². The third-order valence-electron chi connectivity index (χ3n) is 2.47. The van der Waals surface area contributed by atoms with E-state index in [1.807, 2.05) is 29.8 Å². The highest BCUT2D eigenvalue weighted by Crippen LogP contribution is 2.23. The van der Waals surface area contributed by atoms with Crippen LogP contribution in [-0.4, -0.2) is 16.1 Å². The summed E-state index contributed by atoms with van der Waals surface area (Å²) in [5, 5.41) is 4.01. The SMILES string of the molecule is CCNCc1nc2cccc(Cl)c2n1C. The normalized spacial score (nSPS) is 11.1. The Labute approximate surface area is 94.1 Å². The maximum atomic E-state index is 6.13. The molecule has 15 heavy (non-hydrogen) atoms. The van der Waals surface area contributed by atoms with Crippen LogP contribution in [0.4, 0.5) is 0 Å². The molecular formula is C11H14ClN3. The van der Waals surface area contributed by atoms with Crippen LogP contribution in [0.25, 0.3) is 11.0 Å². The van der Waals surface area contributed by atoms with Gasteiger partial charge in [-0.1, -0.05) is 24.6 Å². The lowest BCUT2D eigenvalue weighted by Crippen LogP contribution is -2.15. The molecule has 1 heterocycles. The van der Waals surface area contributed by atoms with Gasteiger partial charge in [0.2, 0.25) is 0 Å². The van der Waals surface area contributed by atoms with E-state index in [2.05, 4.69) is 17.2 Å². The van der Waals surface area contributed by atoms with Crippen molar-refractivity contribution in [3.63, 3.8) is 0 Å². The van der Waals surface area contributed by atoms with Crippen molar-refractivity contribution < 1.29 is 0 Å². The second kappa shape index (κ2) is 4.21. The third-order valence-corrected chi connectivity index (χ3v) is 2.78. The van der Waals surface area contributed by atoms with Crippen LogP contribution < -0.4 is 5.32 Å². The second-order valence-corrected chi connectivity index (χ2v) is 3.88. The van der Waals surface area contributed by atoms with Gasteiger partial charge in [0.15, 0.2) is 0 Å². The molecule has 4 heteroatoms. The van der Waals surface area contributed by atoms with E-state index in [1.54, 1.807) is 0 Å². The number of aryl methyl sites for hydroxylation is 1. The maximum Gasteiger partial charge on any atom is 0.123 e. The van der Waals surface area contributed by atoms with Gasteiger partial charge in [-0.3, -0.25) is 0 Å². The first-order chi connectivity index (χ1) is 7.24. The van der Waals surface area contributed by atoms with E-state index in [9.17, 15) is 0 Å². The average Bonchev–Trinajstić information content (AvgIpc) is 2.54. The lowest BCUT2D eigenvalue weighted by atomic mass is 10.3. The fourth-order valence-corrected chi connectivity index (χ4v) is 1.96. The molecular weight excluding hydrogens is 210 g/mol. The molecule has 0 saturated heterocycles. The quantitative estimate of drug-likeness (QED) is 0.866. The first-order valence-electron chi connectivity index (χ1n) is 5.04. The summed E-state index contributed by atoms with van der Waals surface area (Å²) >= 11 is 6.13. The lowest BCUT2D eigenvalue weighted by Gasteiger charge is -2.02. The summed E-state index contributed by atoms with van der Waals surface area (Å²) in [6.45, 7) is 3.80. The number of benzene rings is 1. The summed E-state index contributed by atoms with van der Waals surface area (Å²) in [7, 11) is 1.99. The summed E-state index contributed by atoms with van der Waals surface area (Å²) in [4.78, 5) is 4.53. The number of hydrogen-bond acceptors (Lipinski definition) is 2. The number of para-hydroxylation sites is 1. The molecule has 1 aromatic carbocycles. The number of rotatable bonds is 3. The van der Waals surface area contributed by atoms with Crippen molar-refractivity contribution in [3.8, 4) is 0 Å². The molecule has 80 valence electrons. The smallest absolute Gasteiger partial charge is 0.123 e. The monoisotopic (exact) mass is 223 g/mol. The van der Waals surface area contributed by atoms with E-state index in [1.165, 1.54) is 0 Å². The van der Waals surface area contributed by atoms with Crippen LogP contribution in [0.1, 0.15) is 12.7 Å². The zero-order valence-electron chi connectivity index (χ0n) is 8.92. The Morgan fingerprint density at radius 1 is 1.47 bits per heavy atom. The van der Waals surface area contributed by atoms with Gasteiger partial charge in [0.05, 0.1) is 22.6 Å². The number of nitrogens with zero attached hydrogens (tertiary/aromatic N) is 2. The van der Waals surface area contributed by atoms with Gasteiger partial charge in [-0.25, -0.2) is 4.98 Å². The Morgan fingerprint density at radius 3 is 2.93 bits per heavy atom. The summed E-state index contributed by atoms with van der Waals surface area (Å²) in [6, 6.07) is 5.80. The molecule has 0 atom stereocenters. The predicted octanol–water partition coefficient (Wildman–Crippen LogP) is 2.34. The van der Waals surface area contributed by atoms with E-state index < -0.39 is 0 Å². The zero-order chi connectivity index (χ0) is 10.8. The summed E-state index contributed by atoms with van der Waals surface area (Å²) in [6.07, 6.45) is 0. The molecule has 1 aromatic heterocycles. The fraction of sp³-hybridized carbons (Fsp3) is 0.364. The Morgan fingerprint density at radius 2 is 2.27 bits per heavy atom. The van der Waals surface area contributed by atoms with Crippen molar-refractivity contribution in [3.05, 3.63) is 29.0 Å². The van der Waals surface area contributed by atoms with Crippen LogP contribution in [0.15, 0.2) is 18.2 Å². The predicted molar refractivity (Wildman–Crippen MR) is 63.1 cm³/mol. The summed E-state index contributed by atoms with van der Waals surface area (Å²) in [5.41, 5.74) is 1.96. The number of halogens is 1. The molecule has 0 aliphatic heterocycles. The highest BCUT2D eigenvalue weighted by atomic mass is 35.5. The van der Waals surface area contributed by atoms with Crippen molar-refractivity contribution in [1.82, 2.24) is 14.9 Å². The van der Waals surface area contributed by atoms with Crippen molar-refractivity contribution in [2.45, 2.75) is 13.5 Å². The molecule has 0 unspecified atom stereocenters. The van der Waals surface area contributed by atoms with E-state index in [0.717, 1.165) is 35.0 Å². The minimum Gasteiger partial charge on any atom is -0.329 e. The van der Waals surface area contributed by atoms with Crippen molar-refractivity contribution >= 4 is 22.6 Å². The summed E-state index contributed by atoms with van der Waals surface area (Å²) in [5.74, 6) is 1.01. The number of aromatic nitrogens is 2. The number of hydrogen-bond donors (Lipinski definition) is 1. The van der Waals surface area contributed by atoms with Gasteiger partial charge < -0.3 is 9.88 Å². The van der Waals surface area contributed by atoms with Gasteiger partial charge in [0.25, 0.3) is 0 Å². The molecule has 0 fully saturated rings. The molecule has 0 radical (unpaired) electrons. The topological polar surface area (TPSA) is 29.9 Å². The number of nitrogens with one attached hydrogen (secondary N) is 1. The Hall–Kier alpha value is -1.06. The Kier molecular flexibility index (Phi) is 2.93. The van der Waals surface area contributed by atoms with Gasteiger partial charge in [-0.05, 0) is 18.7 Å². The molecule has 0 aliphatic carbocycles. The molecule has 2 aromatic rings. The van der Waals surface area contributed by atoms with Gasteiger partial charge >= 0.3 is 0 Å². The van der Waals surface area contributed by atoms with E-state index in [-0.39, 0.29) is 0 Å². The van der Waals surface area contributed by atoms with Gasteiger partial charge in [-0.2, -0.15) is 0 Å². The van der Waals surface area contributed by atoms with Crippen LogP contribution in [0.5, 0.6) is 0 Å². The minimum absolute atomic E-state index is 0.755. The fourth-order valence-electron chi connectivity index (χ4n) is 1.66. The van der Waals surface area contributed by atoms with Crippen LogP contribution in [-0.2, 0) is 13.6 Å². The standard InChI is InChI=1S/C11H14ClN3/c1-3-13-7-10-14-9-6-4-5-8(12)11(9)15(10)2/h4-6,13H,3,7H2,1-2H3. The van der Waals surface area contributed by atoms with Crippen LogP contribution in [0.3, 0.4) is 0 Å².